The van der Waals surface area contributed by atoms with Gasteiger partial charge in [0, 0.05) is 12.1 Å². The summed E-state index contributed by atoms with van der Waals surface area (Å²) in [6.07, 6.45) is 0.803. The smallest absolute Gasteiger partial charge is 0.231 e. The van der Waals surface area contributed by atoms with Crippen molar-refractivity contribution >= 4 is 0 Å². The van der Waals surface area contributed by atoms with E-state index in [0.29, 0.717) is 36.1 Å². The molecule has 5 heteroatoms. The van der Waals surface area contributed by atoms with Gasteiger partial charge in [-0.15, -0.1) is 0 Å². The van der Waals surface area contributed by atoms with Gasteiger partial charge in [0.25, 0.3) is 0 Å². The Morgan fingerprint density at radius 3 is 2.56 bits per heavy atom. The summed E-state index contributed by atoms with van der Waals surface area (Å²) in [5, 5.41) is 0. The molecule has 0 bridgehead atoms. The molecule has 0 unspecified atom stereocenters. The van der Waals surface area contributed by atoms with E-state index in [4.69, 9.17) is 24.7 Å². The van der Waals surface area contributed by atoms with Gasteiger partial charge in [-0.3, -0.25) is 0 Å². The SMILES string of the molecule is COc1cc2c(cc1OCCCN)OCO2. The van der Waals surface area contributed by atoms with Gasteiger partial charge < -0.3 is 24.7 Å². The quantitative estimate of drug-likeness (QED) is 0.762. The van der Waals surface area contributed by atoms with Crippen LogP contribution in [-0.4, -0.2) is 27.1 Å². The van der Waals surface area contributed by atoms with Crippen molar-refractivity contribution in [2.24, 2.45) is 5.73 Å². The molecule has 2 N–H and O–H groups in total. The molecule has 1 aromatic carbocycles. The summed E-state index contributed by atoms with van der Waals surface area (Å²) >= 11 is 0. The zero-order chi connectivity index (χ0) is 11.4. The Morgan fingerprint density at radius 2 is 1.94 bits per heavy atom. The van der Waals surface area contributed by atoms with Crippen LogP contribution in [0.4, 0.5) is 0 Å². The summed E-state index contributed by atoms with van der Waals surface area (Å²) in [6, 6.07) is 3.54. The molecule has 0 amide bonds. The summed E-state index contributed by atoms with van der Waals surface area (Å²) in [5.74, 6) is 2.66. The van der Waals surface area contributed by atoms with Gasteiger partial charge in [-0.05, 0) is 13.0 Å². The zero-order valence-electron chi connectivity index (χ0n) is 9.19. The van der Waals surface area contributed by atoms with E-state index in [0.717, 1.165) is 6.42 Å². The van der Waals surface area contributed by atoms with Crippen molar-refractivity contribution in [1.29, 1.82) is 0 Å². The molecule has 2 rings (SSSR count). The second-order valence-electron chi connectivity index (χ2n) is 3.35. The third kappa shape index (κ3) is 2.14. The summed E-state index contributed by atoms with van der Waals surface area (Å²) in [6.45, 7) is 1.41. The van der Waals surface area contributed by atoms with Crippen LogP contribution in [0.1, 0.15) is 6.42 Å². The number of nitrogens with two attached hydrogens (primary N) is 1. The fraction of sp³-hybridized carbons (Fsp3) is 0.455. The molecular formula is C11H15NO4. The first-order valence-corrected chi connectivity index (χ1v) is 5.15. The lowest BCUT2D eigenvalue weighted by Crippen LogP contribution is -2.06. The van der Waals surface area contributed by atoms with Crippen LogP contribution >= 0.6 is 0 Å². The highest BCUT2D eigenvalue weighted by molar-refractivity contribution is 5.55. The molecule has 0 spiro atoms. The molecule has 0 fully saturated rings. The number of benzene rings is 1. The molecular weight excluding hydrogens is 210 g/mol. The van der Waals surface area contributed by atoms with Crippen LogP contribution in [0.25, 0.3) is 0 Å². The van der Waals surface area contributed by atoms with E-state index in [2.05, 4.69) is 0 Å². The van der Waals surface area contributed by atoms with Gasteiger partial charge in [0.15, 0.2) is 23.0 Å². The Hall–Kier alpha value is -1.62. The fourth-order valence-corrected chi connectivity index (χ4v) is 1.44. The number of hydrogen-bond donors (Lipinski definition) is 1. The largest absolute Gasteiger partial charge is 0.493 e. The molecule has 0 radical (unpaired) electrons. The van der Waals surface area contributed by atoms with Crippen LogP contribution in [0, 0.1) is 0 Å². The first kappa shape index (κ1) is 10.9. The Balaban J connectivity index is 2.15. The molecule has 0 aromatic heterocycles. The minimum Gasteiger partial charge on any atom is -0.493 e. The summed E-state index contributed by atoms with van der Waals surface area (Å²) in [4.78, 5) is 0. The first-order valence-electron chi connectivity index (χ1n) is 5.15. The Kier molecular flexibility index (Phi) is 3.36. The molecule has 1 aliphatic rings. The Bertz CT molecular complexity index is 367. The minimum atomic E-state index is 0.241. The lowest BCUT2D eigenvalue weighted by molar-refractivity contribution is 0.173. The highest BCUT2D eigenvalue weighted by atomic mass is 16.7. The normalized spacial score (nSPS) is 12.6. The molecule has 0 saturated carbocycles. The third-order valence-corrected chi connectivity index (χ3v) is 2.26. The number of methoxy groups -OCH3 is 1. The maximum absolute atomic E-state index is 5.55. The summed E-state index contributed by atoms with van der Waals surface area (Å²) < 4.78 is 21.3. The van der Waals surface area contributed by atoms with Gasteiger partial charge in [0.05, 0.1) is 13.7 Å². The molecule has 5 nitrogen and oxygen atoms in total. The van der Waals surface area contributed by atoms with E-state index in [9.17, 15) is 0 Å². The van der Waals surface area contributed by atoms with Crippen LogP contribution < -0.4 is 24.7 Å². The van der Waals surface area contributed by atoms with Gasteiger partial charge in [-0.2, -0.15) is 0 Å². The molecule has 1 heterocycles. The van der Waals surface area contributed by atoms with E-state index in [1.54, 1.807) is 19.2 Å². The van der Waals surface area contributed by atoms with Crippen LogP contribution in [0.2, 0.25) is 0 Å². The van der Waals surface area contributed by atoms with Crippen LogP contribution in [0.5, 0.6) is 23.0 Å². The van der Waals surface area contributed by atoms with E-state index in [-0.39, 0.29) is 6.79 Å². The standard InChI is InChI=1S/C11H15NO4/c1-13-8-5-10-11(16-7-15-10)6-9(8)14-4-2-3-12/h5-6H,2-4,7,12H2,1H3. The van der Waals surface area contributed by atoms with Crippen LogP contribution in [-0.2, 0) is 0 Å². The van der Waals surface area contributed by atoms with E-state index < -0.39 is 0 Å². The second kappa shape index (κ2) is 4.94. The maximum Gasteiger partial charge on any atom is 0.231 e. The number of fused-ring (bicyclic) bond motifs is 1. The molecule has 16 heavy (non-hydrogen) atoms. The molecule has 88 valence electrons. The van der Waals surface area contributed by atoms with Gasteiger partial charge in [0.2, 0.25) is 6.79 Å². The van der Waals surface area contributed by atoms with Crippen molar-refractivity contribution < 1.29 is 18.9 Å². The molecule has 0 saturated heterocycles. The summed E-state index contributed by atoms with van der Waals surface area (Å²) in [5.41, 5.74) is 5.40. The average molecular weight is 225 g/mol. The van der Waals surface area contributed by atoms with Crippen LogP contribution in [0.3, 0.4) is 0 Å². The predicted octanol–water partition coefficient (Wildman–Crippen LogP) is 1.15. The maximum atomic E-state index is 5.55. The van der Waals surface area contributed by atoms with Crippen molar-refractivity contribution in [3.63, 3.8) is 0 Å². The fourth-order valence-electron chi connectivity index (χ4n) is 1.44. The van der Waals surface area contributed by atoms with E-state index in [1.807, 2.05) is 0 Å². The van der Waals surface area contributed by atoms with Gasteiger partial charge in [-0.25, -0.2) is 0 Å². The molecule has 0 aliphatic carbocycles. The monoisotopic (exact) mass is 225 g/mol. The van der Waals surface area contributed by atoms with Crippen molar-refractivity contribution in [1.82, 2.24) is 0 Å². The van der Waals surface area contributed by atoms with E-state index in [1.165, 1.54) is 0 Å². The van der Waals surface area contributed by atoms with Crippen molar-refractivity contribution in [3.8, 4) is 23.0 Å². The third-order valence-electron chi connectivity index (χ3n) is 2.26. The lowest BCUT2D eigenvalue weighted by atomic mass is 10.2. The highest BCUT2D eigenvalue weighted by Gasteiger charge is 2.18. The van der Waals surface area contributed by atoms with Crippen molar-refractivity contribution in [2.75, 3.05) is 27.1 Å². The molecule has 0 atom stereocenters. The Morgan fingerprint density at radius 1 is 1.25 bits per heavy atom. The van der Waals surface area contributed by atoms with Crippen molar-refractivity contribution in [2.45, 2.75) is 6.42 Å². The number of ether oxygens (including phenoxy) is 4. The first-order chi connectivity index (χ1) is 7.85. The van der Waals surface area contributed by atoms with Gasteiger partial charge >= 0.3 is 0 Å². The van der Waals surface area contributed by atoms with E-state index >= 15 is 0 Å². The van der Waals surface area contributed by atoms with Gasteiger partial charge in [-0.1, -0.05) is 0 Å². The highest BCUT2D eigenvalue weighted by Crippen LogP contribution is 2.41. The molecule has 1 aliphatic heterocycles. The Labute approximate surface area is 94.0 Å². The minimum absolute atomic E-state index is 0.241. The van der Waals surface area contributed by atoms with Crippen LogP contribution in [0.15, 0.2) is 12.1 Å². The summed E-state index contributed by atoms with van der Waals surface area (Å²) in [7, 11) is 1.59. The predicted molar refractivity (Wildman–Crippen MR) is 58.3 cm³/mol. The topological polar surface area (TPSA) is 62.9 Å². The lowest BCUT2D eigenvalue weighted by Gasteiger charge is -2.10. The zero-order valence-corrected chi connectivity index (χ0v) is 9.19. The molecule has 1 aromatic rings. The second-order valence-corrected chi connectivity index (χ2v) is 3.35. The van der Waals surface area contributed by atoms with Crippen molar-refractivity contribution in [3.05, 3.63) is 12.1 Å². The van der Waals surface area contributed by atoms with Gasteiger partial charge in [0.1, 0.15) is 0 Å². The average Bonchev–Trinajstić information content (AvgIpc) is 2.75. The number of rotatable bonds is 5. The number of hydrogen-bond acceptors (Lipinski definition) is 5.